The number of carbonyl (C=O) groups excluding carboxylic acids is 1. The minimum Gasteiger partial charge on any atom is -0.365 e. The van der Waals surface area contributed by atoms with Gasteiger partial charge in [-0.05, 0) is 12.8 Å². The van der Waals surface area contributed by atoms with Crippen LogP contribution in [0.25, 0.3) is 0 Å². The fraction of sp³-hybridized carbons (Fsp3) is 0.556. The summed E-state index contributed by atoms with van der Waals surface area (Å²) in [6.07, 6.45) is 5.63. The van der Waals surface area contributed by atoms with E-state index in [1.807, 2.05) is 0 Å². The average Bonchev–Trinajstić information content (AvgIpc) is 2.04. The van der Waals surface area contributed by atoms with Crippen LogP contribution in [-0.4, -0.2) is 5.91 Å². The molecule has 0 aromatic carbocycles. The maximum atomic E-state index is 10.5. The van der Waals surface area contributed by atoms with Gasteiger partial charge in [-0.25, -0.2) is 0 Å². The Balaban J connectivity index is 3.81. The van der Waals surface area contributed by atoms with Crippen LogP contribution < -0.4 is 5.73 Å². The second-order valence-corrected chi connectivity index (χ2v) is 2.59. The van der Waals surface area contributed by atoms with Gasteiger partial charge in [0.25, 0.3) is 5.91 Å². The van der Waals surface area contributed by atoms with Crippen LogP contribution in [0, 0.1) is 11.3 Å². The summed E-state index contributed by atoms with van der Waals surface area (Å²) < 4.78 is 0. The molecule has 0 fully saturated rings. The minimum atomic E-state index is -0.631. The molecule has 0 heterocycles. The van der Waals surface area contributed by atoms with Crippen LogP contribution >= 0.6 is 0 Å². The molecule has 0 aromatic heterocycles. The van der Waals surface area contributed by atoms with Crippen LogP contribution in [0.1, 0.15) is 32.6 Å². The zero-order valence-corrected chi connectivity index (χ0v) is 7.34. The molecule has 0 saturated heterocycles. The fourth-order valence-corrected chi connectivity index (χ4v) is 0.842. The smallest absolute Gasteiger partial charge is 0.259 e. The van der Waals surface area contributed by atoms with Crippen molar-refractivity contribution < 1.29 is 4.79 Å². The second kappa shape index (κ2) is 6.41. The van der Waals surface area contributed by atoms with Crippen LogP contribution in [-0.2, 0) is 4.79 Å². The van der Waals surface area contributed by atoms with E-state index in [1.165, 1.54) is 0 Å². The van der Waals surface area contributed by atoms with Gasteiger partial charge in [0.05, 0.1) is 0 Å². The topological polar surface area (TPSA) is 66.9 Å². The van der Waals surface area contributed by atoms with Crippen molar-refractivity contribution in [1.82, 2.24) is 0 Å². The lowest BCUT2D eigenvalue weighted by Gasteiger charge is -1.92. The average molecular weight is 166 g/mol. The van der Waals surface area contributed by atoms with Crippen molar-refractivity contribution in [2.24, 2.45) is 5.73 Å². The standard InChI is InChI=1S/C9H14N2O/c1-2-3-4-5-6-8(7-10)9(11)12/h6H,2-5H2,1H3,(H2,11,12). The fourth-order valence-electron chi connectivity index (χ4n) is 0.842. The molecule has 2 N–H and O–H groups in total. The number of primary amides is 1. The largest absolute Gasteiger partial charge is 0.365 e. The van der Waals surface area contributed by atoms with E-state index in [2.05, 4.69) is 6.92 Å². The molecule has 0 aromatic rings. The van der Waals surface area contributed by atoms with E-state index < -0.39 is 5.91 Å². The molecule has 1 amide bonds. The second-order valence-electron chi connectivity index (χ2n) is 2.59. The monoisotopic (exact) mass is 166 g/mol. The number of nitrogens with two attached hydrogens (primary N) is 1. The third-order valence-corrected chi connectivity index (χ3v) is 1.54. The minimum absolute atomic E-state index is 0.0751. The van der Waals surface area contributed by atoms with Gasteiger partial charge in [-0.15, -0.1) is 0 Å². The summed E-state index contributed by atoms with van der Waals surface area (Å²) in [6, 6.07) is 1.76. The van der Waals surface area contributed by atoms with E-state index in [9.17, 15) is 4.79 Å². The van der Waals surface area contributed by atoms with Gasteiger partial charge in [0.15, 0.2) is 0 Å². The molecule has 0 saturated carbocycles. The quantitative estimate of drug-likeness (QED) is 0.382. The highest BCUT2D eigenvalue weighted by Gasteiger charge is 2.00. The van der Waals surface area contributed by atoms with Crippen LogP contribution in [0.15, 0.2) is 11.6 Å². The Morgan fingerprint density at radius 2 is 2.25 bits per heavy atom. The Kier molecular flexibility index (Phi) is 5.72. The molecular weight excluding hydrogens is 152 g/mol. The lowest BCUT2D eigenvalue weighted by atomic mass is 10.1. The van der Waals surface area contributed by atoms with Gasteiger partial charge in [-0.1, -0.05) is 25.8 Å². The number of allylic oxidation sites excluding steroid dienone is 1. The number of carbonyl (C=O) groups is 1. The summed E-state index contributed by atoms with van der Waals surface area (Å²) in [5.41, 5.74) is 5.01. The number of nitriles is 1. The van der Waals surface area contributed by atoms with Crippen molar-refractivity contribution in [3.8, 4) is 6.07 Å². The third kappa shape index (κ3) is 4.51. The SMILES string of the molecule is CCCCCC=C(C#N)C(N)=O. The maximum Gasteiger partial charge on any atom is 0.259 e. The molecule has 12 heavy (non-hydrogen) atoms. The summed E-state index contributed by atoms with van der Waals surface area (Å²) in [7, 11) is 0. The van der Waals surface area contributed by atoms with E-state index in [4.69, 9.17) is 11.0 Å². The van der Waals surface area contributed by atoms with Gasteiger partial charge in [0, 0.05) is 0 Å². The summed E-state index contributed by atoms with van der Waals surface area (Å²) in [6.45, 7) is 2.10. The van der Waals surface area contributed by atoms with E-state index in [-0.39, 0.29) is 5.57 Å². The number of hydrogen-bond acceptors (Lipinski definition) is 2. The van der Waals surface area contributed by atoms with Crippen molar-refractivity contribution in [2.45, 2.75) is 32.6 Å². The molecule has 0 unspecified atom stereocenters. The normalized spacial score (nSPS) is 10.8. The predicted octanol–water partition coefficient (Wildman–Crippen LogP) is 1.50. The van der Waals surface area contributed by atoms with Gasteiger partial charge in [-0.3, -0.25) is 4.79 Å². The molecule has 3 nitrogen and oxygen atoms in total. The van der Waals surface area contributed by atoms with Gasteiger partial charge in [0.1, 0.15) is 11.6 Å². The summed E-state index contributed by atoms with van der Waals surface area (Å²) in [5.74, 6) is -0.631. The molecule has 0 bridgehead atoms. The first-order valence-corrected chi connectivity index (χ1v) is 4.12. The summed E-state index contributed by atoms with van der Waals surface area (Å²) in [5, 5.41) is 8.43. The first-order valence-electron chi connectivity index (χ1n) is 4.12. The molecule has 0 spiro atoms. The van der Waals surface area contributed by atoms with Gasteiger partial charge >= 0.3 is 0 Å². The summed E-state index contributed by atoms with van der Waals surface area (Å²) >= 11 is 0. The van der Waals surface area contributed by atoms with E-state index in [1.54, 1.807) is 12.1 Å². The van der Waals surface area contributed by atoms with E-state index >= 15 is 0 Å². The number of amides is 1. The molecule has 0 aliphatic carbocycles. The Morgan fingerprint density at radius 1 is 1.58 bits per heavy atom. The van der Waals surface area contributed by atoms with Crippen LogP contribution in [0.4, 0.5) is 0 Å². The van der Waals surface area contributed by atoms with E-state index in [0.717, 1.165) is 25.7 Å². The number of unbranched alkanes of at least 4 members (excludes halogenated alkanes) is 3. The third-order valence-electron chi connectivity index (χ3n) is 1.54. The number of hydrogen-bond donors (Lipinski definition) is 1. The molecule has 0 radical (unpaired) electrons. The molecule has 66 valence electrons. The van der Waals surface area contributed by atoms with Crippen LogP contribution in [0.5, 0.6) is 0 Å². The maximum absolute atomic E-state index is 10.5. The van der Waals surface area contributed by atoms with Gasteiger partial charge in [0.2, 0.25) is 0 Å². The molecule has 0 atom stereocenters. The van der Waals surface area contributed by atoms with E-state index in [0.29, 0.717) is 0 Å². The Hall–Kier alpha value is -1.30. The van der Waals surface area contributed by atoms with Crippen molar-refractivity contribution in [3.63, 3.8) is 0 Å². The molecule has 0 rings (SSSR count). The van der Waals surface area contributed by atoms with Crippen molar-refractivity contribution >= 4 is 5.91 Å². The zero-order valence-electron chi connectivity index (χ0n) is 7.34. The molecule has 0 aliphatic rings. The zero-order chi connectivity index (χ0) is 9.40. The molecule has 0 aliphatic heterocycles. The highest BCUT2D eigenvalue weighted by molar-refractivity contribution is 5.95. The van der Waals surface area contributed by atoms with Crippen molar-refractivity contribution in [2.75, 3.05) is 0 Å². The highest BCUT2D eigenvalue weighted by atomic mass is 16.1. The first-order chi connectivity index (χ1) is 5.72. The van der Waals surface area contributed by atoms with Crippen LogP contribution in [0.2, 0.25) is 0 Å². The lowest BCUT2D eigenvalue weighted by Crippen LogP contribution is -2.12. The van der Waals surface area contributed by atoms with Gasteiger partial charge in [-0.2, -0.15) is 5.26 Å². The molecule has 3 heteroatoms. The Morgan fingerprint density at radius 3 is 2.67 bits per heavy atom. The number of nitrogens with zero attached hydrogens (tertiary/aromatic N) is 1. The Labute approximate surface area is 72.9 Å². The number of rotatable bonds is 5. The van der Waals surface area contributed by atoms with Gasteiger partial charge < -0.3 is 5.73 Å². The van der Waals surface area contributed by atoms with Crippen LogP contribution in [0.3, 0.4) is 0 Å². The highest BCUT2D eigenvalue weighted by Crippen LogP contribution is 2.02. The lowest BCUT2D eigenvalue weighted by molar-refractivity contribution is -0.114. The predicted molar refractivity (Wildman–Crippen MR) is 47.0 cm³/mol. The van der Waals surface area contributed by atoms with Crippen molar-refractivity contribution in [1.29, 1.82) is 5.26 Å². The summed E-state index contributed by atoms with van der Waals surface area (Å²) in [4.78, 5) is 10.5. The van der Waals surface area contributed by atoms with Crippen molar-refractivity contribution in [3.05, 3.63) is 11.6 Å². The first kappa shape index (κ1) is 10.7. The Bertz CT molecular complexity index is 213. The molecular formula is C9H14N2O.